The molecule has 0 aliphatic carbocycles. The van der Waals surface area contributed by atoms with Crippen LogP contribution in [0.3, 0.4) is 0 Å². The van der Waals surface area contributed by atoms with Crippen LogP contribution >= 0.6 is 22.9 Å². The average Bonchev–Trinajstić information content (AvgIpc) is 2.62. The fourth-order valence-corrected chi connectivity index (χ4v) is 2.55. The van der Waals surface area contributed by atoms with Gasteiger partial charge in [-0.2, -0.15) is 0 Å². The Labute approximate surface area is 83.9 Å². The molecule has 0 amide bonds. The van der Waals surface area contributed by atoms with E-state index in [0.717, 1.165) is 10.5 Å². The maximum atomic E-state index is 5.90. The summed E-state index contributed by atoms with van der Waals surface area (Å²) in [4.78, 5) is 3.32. The van der Waals surface area contributed by atoms with Gasteiger partial charge >= 0.3 is 0 Å². The molecule has 13 heavy (non-hydrogen) atoms. The van der Waals surface area contributed by atoms with E-state index in [4.69, 9.17) is 11.6 Å². The van der Waals surface area contributed by atoms with Crippen molar-refractivity contribution in [2.24, 2.45) is 0 Å². The highest BCUT2D eigenvalue weighted by atomic mass is 35.5. The van der Waals surface area contributed by atoms with Crippen molar-refractivity contribution >= 4 is 44.7 Å². The molecule has 1 N–H and O–H groups in total. The number of fused-ring (bicyclic) bond motifs is 3. The Morgan fingerprint density at radius 3 is 2.92 bits per heavy atom. The molecular weight excluding hydrogens is 202 g/mol. The van der Waals surface area contributed by atoms with Crippen LogP contribution in [0.1, 0.15) is 0 Å². The Kier molecular flexibility index (Phi) is 1.43. The maximum Gasteiger partial charge on any atom is 0.0573 e. The number of hydrogen-bond acceptors (Lipinski definition) is 1. The molecule has 64 valence electrons. The summed E-state index contributed by atoms with van der Waals surface area (Å²) in [5.41, 5.74) is 2.31. The van der Waals surface area contributed by atoms with Gasteiger partial charge in [0.05, 0.1) is 5.52 Å². The molecule has 0 radical (unpaired) electrons. The minimum absolute atomic E-state index is 0.778. The largest absolute Gasteiger partial charge is 0.354 e. The molecule has 0 saturated carbocycles. The van der Waals surface area contributed by atoms with Crippen molar-refractivity contribution in [3.05, 3.63) is 34.0 Å². The fourth-order valence-electron chi connectivity index (χ4n) is 1.60. The summed E-state index contributed by atoms with van der Waals surface area (Å²) < 4.78 is 0. The van der Waals surface area contributed by atoms with E-state index in [1.807, 2.05) is 12.1 Å². The third kappa shape index (κ3) is 0.992. The Bertz CT molecular complexity index is 579. The predicted molar refractivity (Wildman–Crippen MR) is 58.7 cm³/mol. The minimum atomic E-state index is 0.778. The third-order valence-electron chi connectivity index (χ3n) is 2.20. The number of rotatable bonds is 0. The molecule has 3 heteroatoms. The molecule has 1 aromatic carbocycles. The third-order valence-corrected chi connectivity index (χ3v) is 3.18. The van der Waals surface area contributed by atoms with Crippen molar-refractivity contribution in [3.8, 4) is 0 Å². The molecule has 2 heterocycles. The molecule has 0 bridgehead atoms. The Morgan fingerprint density at radius 1 is 1.08 bits per heavy atom. The second-order valence-electron chi connectivity index (χ2n) is 3.01. The molecule has 3 aromatic rings. The Hall–Kier alpha value is -0.990. The van der Waals surface area contributed by atoms with Gasteiger partial charge in [-0.1, -0.05) is 17.7 Å². The number of halogens is 1. The van der Waals surface area contributed by atoms with Gasteiger partial charge in [0.2, 0.25) is 0 Å². The second-order valence-corrected chi connectivity index (χ2v) is 4.19. The SMILES string of the molecule is Clc1ccc2c(c1)[nH]c1cscc12. The predicted octanol–water partition coefficient (Wildman–Crippen LogP) is 4.04. The van der Waals surface area contributed by atoms with Gasteiger partial charge < -0.3 is 4.98 Å². The van der Waals surface area contributed by atoms with Gasteiger partial charge in [0, 0.05) is 32.1 Å². The van der Waals surface area contributed by atoms with Gasteiger partial charge in [0.25, 0.3) is 0 Å². The lowest BCUT2D eigenvalue weighted by Gasteiger charge is -1.90. The van der Waals surface area contributed by atoms with E-state index in [2.05, 4.69) is 21.8 Å². The molecule has 0 aliphatic heterocycles. The standard InChI is InChI=1S/C10H6ClNS/c11-6-1-2-7-8-4-13-5-10(8)12-9(7)3-6/h1-5,12H. The fraction of sp³-hybridized carbons (Fsp3) is 0. The molecule has 0 spiro atoms. The summed E-state index contributed by atoms with van der Waals surface area (Å²) in [5, 5.41) is 7.59. The van der Waals surface area contributed by atoms with Crippen molar-refractivity contribution in [1.29, 1.82) is 0 Å². The quantitative estimate of drug-likeness (QED) is 0.573. The van der Waals surface area contributed by atoms with E-state index in [0.29, 0.717) is 0 Å². The number of nitrogens with one attached hydrogen (secondary N) is 1. The van der Waals surface area contributed by atoms with Crippen LogP contribution in [0.15, 0.2) is 29.0 Å². The lowest BCUT2D eigenvalue weighted by Crippen LogP contribution is -1.66. The molecule has 0 aliphatic rings. The number of H-pyrrole nitrogens is 1. The van der Waals surface area contributed by atoms with E-state index < -0.39 is 0 Å². The van der Waals surface area contributed by atoms with Gasteiger partial charge in [0.15, 0.2) is 0 Å². The Balaban J connectivity index is 2.59. The molecule has 1 nitrogen and oxygen atoms in total. The van der Waals surface area contributed by atoms with Gasteiger partial charge in [0.1, 0.15) is 0 Å². The van der Waals surface area contributed by atoms with Crippen LogP contribution in [-0.4, -0.2) is 4.98 Å². The minimum Gasteiger partial charge on any atom is -0.354 e. The van der Waals surface area contributed by atoms with E-state index in [-0.39, 0.29) is 0 Å². The van der Waals surface area contributed by atoms with E-state index in [1.54, 1.807) is 11.3 Å². The van der Waals surface area contributed by atoms with Crippen molar-refractivity contribution in [2.75, 3.05) is 0 Å². The van der Waals surface area contributed by atoms with E-state index >= 15 is 0 Å². The summed E-state index contributed by atoms with van der Waals surface area (Å²) in [6.45, 7) is 0. The van der Waals surface area contributed by atoms with E-state index in [9.17, 15) is 0 Å². The van der Waals surface area contributed by atoms with Gasteiger partial charge in [-0.3, -0.25) is 0 Å². The highest BCUT2D eigenvalue weighted by Gasteiger charge is 2.03. The summed E-state index contributed by atoms with van der Waals surface area (Å²) in [5.74, 6) is 0. The first-order valence-corrected chi connectivity index (χ1v) is 5.30. The van der Waals surface area contributed by atoms with Crippen LogP contribution in [0.2, 0.25) is 5.02 Å². The first-order valence-electron chi connectivity index (χ1n) is 3.98. The first kappa shape index (κ1) is 7.42. The van der Waals surface area contributed by atoms with Crippen LogP contribution in [0, 0.1) is 0 Å². The summed E-state index contributed by atoms with van der Waals surface area (Å²) in [7, 11) is 0. The van der Waals surface area contributed by atoms with Crippen LogP contribution in [-0.2, 0) is 0 Å². The molecule has 0 saturated heterocycles. The van der Waals surface area contributed by atoms with Crippen molar-refractivity contribution in [3.63, 3.8) is 0 Å². The van der Waals surface area contributed by atoms with Gasteiger partial charge in [-0.25, -0.2) is 0 Å². The topological polar surface area (TPSA) is 15.8 Å². The van der Waals surface area contributed by atoms with Crippen LogP contribution in [0.4, 0.5) is 0 Å². The molecule has 3 rings (SSSR count). The normalized spacial score (nSPS) is 11.5. The second kappa shape index (κ2) is 2.50. The zero-order valence-electron chi connectivity index (χ0n) is 6.67. The first-order chi connectivity index (χ1) is 6.34. The number of benzene rings is 1. The number of thiophene rings is 1. The molecular formula is C10H6ClNS. The number of hydrogen-bond donors (Lipinski definition) is 1. The molecule has 0 atom stereocenters. The summed E-state index contributed by atoms with van der Waals surface area (Å²) in [6, 6.07) is 5.94. The van der Waals surface area contributed by atoms with Crippen LogP contribution in [0.5, 0.6) is 0 Å². The summed E-state index contributed by atoms with van der Waals surface area (Å²) >= 11 is 7.61. The van der Waals surface area contributed by atoms with Crippen molar-refractivity contribution in [1.82, 2.24) is 4.98 Å². The van der Waals surface area contributed by atoms with Crippen molar-refractivity contribution in [2.45, 2.75) is 0 Å². The van der Waals surface area contributed by atoms with Crippen LogP contribution in [0.25, 0.3) is 21.8 Å². The van der Waals surface area contributed by atoms with Crippen molar-refractivity contribution < 1.29 is 0 Å². The zero-order valence-corrected chi connectivity index (χ0v) is 8.25. The van der Waals surface area contributed by atoms with E-state index in [1.165, 1.54) is 16.3 Å². The summed E-state index contributed by atoms with van der Waals surface area (Å²) in [6.07, 6.45) is 0. The number of aromatic nitrogens is 1. The van der Waals surface area contributed by atoms with Gasteiger partial charge in [-0.05, 0) is 12.1 Å². The zero-order chi connectivity index (χ0) is 8.84. The number of aromatic amines is 1. The highest BCUT2D eigenvalue weighted by Crippen LogP contribution is 2.29. The lowest BCUT2D eigenvalue weighted by atomic mass is 10.2. The smallest absolute Gasteiger partial charge is 0.0573 e. The maximum absolute atomic E-state index is 5.90. The molecule has 0 unspecified atom stereocenters. The lowest BCUT2D eigenvalue weighted by molar-refractivity contribution is 1.56. The van der Waals surface area contributed by atoms with Crippen LogP contribution < -0.4 is 0 Å². The molecule has 2 aromatic heterocycles. The monoisotopic (exact) mass is 207 g/mol. The van der Waals surface area contributed by atoms with Gasteiger partial charge in [-0.15, -0.1) is 11.3 Å². The Morgan fingerprint density at radius 2 is 2.00 bits per heavy atom. The molecule has 0 fully saturated rings. The highest BCUT2D eigenvalue weighted by molar-refractivity contribution is 7.09. The average molecular weight is 208 g/mol.